The Balaban J connectivity index is 1.60. The summed E-state index contributed by atoms with van der Waals surface area (Å²) in [5, 5.41) is 10.8. The van der Waals surface area contributed by atoms with Crippen molar-refractivity contribution in [2.75, 3.05) is 18.4 Å². The SMILES string of the molecule is CCNC(=NCc1cccc(NC(C)=O)c1)NCCc1c[nH]c2cc(C)ccc12. The van der Waals surface area contributed by atoms with Gasteiger partial charge in [0.15, 0.2) is 5.96 Å². The highest BCUT2D eigenvalue weighted by molar-refractivity contribution is 5.88. The number of aliphatic imine (C=N–C) groups is 1. The van der Waals surface area contributed by atoms with Gasteiger partial charge in [-0.25, -0.2) is 4.99 Å². The Kier molecular flexibility index (Phi) is 6.89. The summed E-state index contributed by atoms with van der Waals surface area (Å²) in [6.07, 6.45) is 2.99. The number of aryl methyl sites for hydroxylation is 1. The van der Waals surface area contributed by atoms with Crippen molar-refractivity contribution < 1.29 is 4.79 Å². The van der Waals surface area contributed by atoms with Gasteiger partial charge in [-0.1, -0.05) is 24.3 Å². The summed E-state index contributed by atoms with van der Waals surface area (Å²) in [6.45, 7) is 7.79. The van der Waals surface area contributed by atoms with Crippen LogP contribution in [0.4, 0.5) is 5.69 Å². The van der Waals surface area contributed by atoms with Crippen LogP contribution in [0.1, 0.15) is 30.5 Å². The molecule has 3 aromatic rings. The molecule has 2 aromatic carbocycles. The van der Waals surface area contributed by atoms with Gasteiger partial charge in [-0.05, 0) is 55.2 Å². The topological polar surface area (TPSA) is 81.3 Å². The maximum atomic E-state index is 11.2. The van der Waals surface area contributed by atoms with Gasteiger partial charge in [0.2, 0.25) is 5.91 Å². The minimum absolute atomic E-state index is 0.0758. The zero-order chi connectivity index (χ0) is 20.6. The van der Waals surface area contributed by atoms with E-state index in [-0.39, 0.29) is 5.91 Å². The number of H-pyrrole nitrogens is 1. The molecule has 0 spiro atoms. The molecule has 1 aromatic heterocycles. The van der Waals surface area contributed by atoms with Crippen LogP contribution in [0.25, 0.3) is 10.9 Å². The van der Waals surface area contributed by atoms with Crippen molar-refractivity contribution in [3.63, 3.8) is 0 Å². The van der Waals surface area contributed by atoms with Crippen LogP contribution >= 0.6 is 0 Å². The summed E-state index contributed by atoms with van der Waals surface area (Å²) in [7, 11) is 0. The van der Waals surface area contributed by atoms with Gasteiger partial charge in [0.1, 0.15) is 0 Å². The van der Waals surface area contributed by atoms with Crippen LogP contribution in [-0.4, -0.2) is 29.9 Å². The lowest BCUT2D eigenvalue weighted by Crippen LogP contribution is -2.38. The number of nitrogens with zero attached hydrogens (tertiary/aromatic N) is 1. The number of rotatable bonds is 7. The van der Waals surface area contributed by atoms with Gasteiger partial charge in [0.25, 0.3) is 0 Å². The molecule has 0 aliphatic carbocycles. The first kappa shape index (κ1) is 20.5. The zero-order valence-corrected chi connectivity index (χ0v) is 17.3. The molecule has 29 heavy (non-hydrogen) atoms. The van der Waals surface area contributed by atoms with Gasteiger partial charge < -0.3 is 20.9 Å². The van der Waals surface area contributed by atoms with Crippen LogP contribution in [0.15, 0.2) is 53.7 Å². The first-order valence-electron chi connectivity index (χ1n) is 10.0. The van der Waals surface area contributed by atoms with Crippen molar-refractivity contribution in [1.29, 1.82) is 0 Å². The normalized spacial score (nSPS) is 11.5. The van der Waals surface area contributed by atoms with Crippen molar-refractivity contribution >= 4 is 28.5 Å². The lowest BCUT2D eigenvalue weighted by Gasteiger charge is -2.11. The largest absolute Gasteiger partial charge is 0.361 e. The predicted molar refractivity (Wildman–Crippen MR) is 120 cm³/mol. The summed E-state index contributed by atoms with van der Waals surface area (Å²) in [4.78, 5) is 19.3. The fraction of sp³-hybridized carbons (Fsp3) is 0.304. The van der Waals surface area contributed by atoms with Crippen LogP contribution in [0, 0.1) is 6.92 Å². The molecule has 152 valence electrons. The van der Waals surface area contributed by atoms with Crippen LogP contribution in [0.2, 0.25) is 0 Å². The highest BCUT2D eigenvalue weighted by atomic mass is 16.1. The van der Waals surface area contributed by atoms with Gasteiger partial charge >= 0.3 is 0 Å². The fourth-order valence-corrected chi connectivity index (χ4v) is 3.29. The highest BCUT2D eigenvalue weighted by Gasteiger charge is 2.05. The molecular formula is C23H29N5O. The summed E-state index contributed by atoms with van der Waals surface area (Å²) < 4.78 is 0. The highest BCUT2D eigenvalue weighted by Crippen LogP contribution is 2.19. The number of fused-ring (bicyclic) bond motifs is 1. The maximum absolute atomic E-state index is 11.2. The molecule has 3 rings (SSSR count). The molecule has 0 saturated heterocycles. The molecule has 0 bridgehead atoms. The van der Waals surface area contributed by atoms with Crippen molar-refractivity contribution in [2.45, 2.75) is 33.7 Å². The average molecular weight is 392 g/mol. The summed E-state index contributed by atoms with van der Waals surface area (Å²) >= 11 is 0. The molecule has 4 N–H and O–H groups in total. The van der Waals surface area contributed by atoms with Crippen LogP contribution < -0.4 is 16.0 Å². The van der Waals surface area contributed by atoms with E-state index < -0.39 is 0 Å². The van der Waals surface area contributed by atoms with Crippen LogP contribution in [-0.2, 0) is 17.8 Å². The van der Waals surface area contributed by atoms with E-state index in [2.05, 4.69) is 64.2 Å². The van der Waals surface area contributed by atoms with E-state index in [4.69, 9.17) is 0 Å². The fourth-order valence-electron chi connectivity index (χ4n) is 3.29. The van der Waals surface area contributed by atoms with Gasteiger partial charge in [0, 0.05) is 42.8 Å². The van der Waals surface area contributed by atoms with Crippen LogP contribution in [0.3, 0.4) is 0 Å². The smallest absolute Gasteiger partial charge is 0.221 e. The summed E-state index contributed by atoms with van der Waals surface area (Å²) in [6, 6.07) is 14.3. The standard InChI is InChI=1S/C23H29N5O/c1-4-24-23(27-14-18-6-5-7-20(13-18)28-17(3)29)25-11-10-19-15-26-22-12-16(2)8-9-21(19)22/h5-9,12-13,15,26H,4,10-11,14H2,1-3H3,(H,28,29)(H2,24,25,27). The lowest BCUT2D eigenvalue weighted by molar-refractivity contribution is -0.114. The minimum Gasteiger partial charge on any atom is -0.361 e. The number of hydrogen-bond donors (Lipinski definition) is 4. The number of hydrogen-bond acceptors (Lipinski definition) is 2. The molecule has 1 heterocycles. The summed E-state index contributed by atoms with van der Waals surface area (Å²) in [5.74, 6) is 0.709. The number of nitrogens with one attached hydrogen (secondary N) is 4. The van der Waals surface area contributed by atoms with E-state index in [0.29, 0.717) is 6.54 Å². The number of carbonyl (C=O) groups is 1. The first-order chi connectivity index (χ1) is 14.0. The second kappa shape index (κ2) is 9.78. The molecule has 1 amide bonds. The number of benzene rings is 2. The number of amides is 1. The van der Waals surface area contributed by atoms with Crippen molar-refractivity contribution in [1.82, 2.24) is 15.6 Å². The Morgan fingerprint density at radius 3 is 2.79 bits per heavy atom. The Labute approximate surface area is 171 Å². The Morgan fingerprint density at radius 1 is 1.14 bits per heavy atom. The quantitative estimate of drug-likeness (QED) is 0.366. The molecule has 0 aliphatic rings. The first-order valence-corrected chi connectivity index (χ1v) is 10.0. The number of aromatic amines is 1. The van der Waals surface area contributed by atoms with E-state index in [1.807, 2.05) is 24.3 Å². The van der Waals surface area contributed by atoms with Gasteiger partial charge in [-0.15, -0.1) is 0 Å². The van der Waals surface area contributed by atoms with E-state index >= 15 is 0 Å². The van der Waals surface area contributed by atoms with Gasteiger partial charge in [0.05, 0.1) is 6.54 Å². The average Bonchev–Trinajstić information content (AvgIpc) is 3.08. The van der Waals surface area contributed by atoms with E-state index in [1.165, 1.54) is 29.0 Å². The number of aromatic nitrogens is 1. The second-order valence-corrected chi connectivity index (χ2v) is 7.12. The number of carbonyl (C=O) groups excluding carboxylic acids is 1. The third-order valence-corrected chi connectivity index (χ3v) is 4.62. The van der Waals surface area contributed by atoms with Gasteiger partial charge in [-0.3, -0.25) is 4.79 Å². The van der Waals surface area contributed by atoms with Crippen molar-refractivity contribution in [3.8, 4) is 0 Å². The Hall–Kier alpha value is -3.28. The molecule has 6 nitrogen and oxygen atoms in total. The summed E-state index contributed by atoms with van der Waals surface area (Å²) in [5.41, 5.74) is 5.57. The molecule has 6 heteroatoms. The molecular weight excluding hydrogens is 362 g/mol. The lowest BCUT2D eigenvalue weighted by atomic mass is 10.1. The maximum Gasteiger partial charge on any atom is 0.221 e. The molecule has 0 radical (unpaired) electrons. The van der Waals surface area contributed by atoms with E-state index in [1.54, 1.807) is 0 Å². The van der Waals surface area contributed by atoms with Gasteiger partial charge in [-0.2, -0.15) is 0 Å². The molecule has 0 fully saturated rings. The van der Waals surface area contributed by atoms with Crippen molar-refractivity contribution in [3.05, 3.63) is 65.4 Å². The Morgan fingerprint density at radius 2 is 2.00 bits per heavy atom. The molecule has 0 saturated carbocycles. The monoisotopic (exact) mass is 391 g/mol. The third-order valence-electron chi connectivity index (χ3n) is 4.62. The van der Waals surface area contributed by atoms with E-state index in [0.717, 1.165) is 36.7 Å². The second-order valence-electron chi connectivity index (χ2n) is 7.12. The zero-order valence-electron chi connectivity index (χ0n) is 17.3. The molecule has 0 atom stereocenters. The molecule has 0 unspecified atom stereocenters. The Bertz CT molecular complexity index is 1010. The van der Waals surface area contributed by atoms with Crippen molar-refractivity contribution in [2.24, 2.45) is 4.99 Å². The molecule has 0 aliphatic heterocycles. The predicted octanol–water partition coefficient (Wildman–Crippen LogP) is 3.73. The number of anilines is 1. The van der Waals surface area contributed by atoms with Crippen LogP contribution in [0.5, 0.6) is 0 Å². The minimum atomic E-state index is -0.0758. The number of guanidine groups is 1. The van der Waals surface area contributed by atoms with E-state index in [9.17, 15) is 4.79 Å². The third kappa shape index (κ3) is 5.85.